The Labute approximate surface area is 116 Å². The first-order valence-corrected chi connectivity index (χ1v) is 7.40. The zero-order valence-corrected chi connectivity index (χ0v) is 12.0. The molecule has 1 atom stereocenters. The summed E-state index contributed by atoms with van der Waals surface area (Å²) in [5, 5.41) is 18.8. The van der Waals surface area contributed by atoms with E-state index in [9.17, 15) is 15.0 Å². The van der Waals surface area contributed by atoms with Gasteiger partial charge in [0, 0.05) is 19.6 Å². The third kappa shape index (κ3) is 5.51. The highest BCUT2D eigenvalue weighted by Gasteiger charge is 2.33. The van der Waals surface area contributed by atoms with E-state index >= 15 is 0 Å². The number of aliphatic carboxylic acids is 1. The molecule has 1 fully saturated rings. The van der Waals surface area contributed by atoms with Gasteiger partial charge in [-0.2, -0.15) is 0 Å². The largest absolute Gasteiger partial charge is 0.480 e. The van der Waals surface area contributed by atoms with Gasteiger partial charge in [-0.3, -0.25) is 4.79 Å². The van der Waals surface area contributed by atoms with Gasteiger partial charge in [-0.25, -0.2) is 0 Å². The monoisotopic (exact) mass is 270 g/mol. The van der Waals surface area contributed by atoms with Crippen LogP contribution in [0.1, 0.15) is 38.5 Å². The molecule has 1 aliphatic heterocycles. The van der Waals surface area contributed by atoms with Crippen LogP contribution in [-0.2, 0) is 4.79 Å². The highest BCUT2D eigenvalue weighted by molar-refractivity contribution is 6.08. The normalized spacial score (nSPS) is 21.2. The Kier molecular flexibility index (Phi) is 6.82. The number of hydrogen-bond acceptors (Lipinski definition) is 4. The van der Waals surface area contributed by atoms with Crippen molar-refractivity contribution in [2.75, 3.05) is 19.6 Å². The third-order valence-electron chi connectivity index (χ3n) is 4.08. The molecule has 0 aromatic heterocycles. The molecule has 0 amide bonds. The number of nitrogens with two attached hydrogens (primary N) is 1. The van der Waals surface area contributed by atoms with Crippen molar-refractivity contribution >= 4 is 13.8 Å². The minimum Gasteiger partial charge on any atom is -0.480 e. The molecule has 1 aliphatic rings. The van der Waals surface area contributed by atoms with Gasteiger partial charge in [0.2, 0.25) is 0 Å². The molecule has 0 unspecified atom stereocenters. The number of unbranched alkanes of at least 4 members (excludes halogenated alkanes) is 1. The zero-order valence-electron chi connectivity index (χ0n) is 12.0. The maximum absolute atomic E-state index is 11.4. The van der Waals surface area contributed by atoms with Crippen LogP contribution >= 0.6 is 0 Å². The third-order valence-corrected chi connectivity index (χ3v) is 4.08. The molecule has 5 nitrogen and oxygen atoms in total. The van der Waals surface area contributed by atoms with Gasteiger partial charge in [-0.05, 0) is 25.7 Å². The van der Waals surface area contributed by atoms with Crippen molar-refractivity contribution in [3.05, 3.63) is 0 Å². The molecule has 1 heterocycles. The Hall–Kier alpha value is -0.585. The molecule has 1 saturated heterocycles. The van der Waals surface area contributed by atoms with Crippen LogP contribution in [-0.4, -0.2) is 60.2 Å². The zero-order chi connectivity index (χ0) is 14.3. The molecule has 4 N–H and O–H groups in total. The first-order valence-electron chi connectivity index (χ1n) is 7.40. The predicted octanol–water partition coefficient (Wildman–Crippen LogP) is -0.163. The van der Waals surface area contributed by atoms with E-state index in [4.69, 9.17) is 5.73 Å². The van der Waals surface area contributed by atoms with Crippen molar-refractivity contribution in [2.45, 2.75) is 56.5 Å². The quantitative estimate of drug-likeness (QED) is 0.421. The number of aliphatic hydroxyl groups is 1. The van der Waals surface area contributed by atoms with E-state index in [-0.39, 0.29) is 6.10 Å². The molecular formula is C13H27BN2O3. The fraction of sp³-hybridized carbons (Fsp3) is 0.923. The second kappa shape index (κ2) is 7.87. The van der Waals surface area contributed by atoms with Crippen molar-refractivity contribution in [2.24, 2.45) is 5.73 Å². The Morgan fingerprint density at radius 3 is 2.47 bits per heavy atom. The molecule has 0 saturated carbocycles. The summed E-state index contributed by atoms with van der Waals surface area (Å²) in [7, 11) is 2.10. The lowest BCUT2D eigenvalue weighted by atomic mass is 9.87. The van der Waals surface area contributed by atoms with Gasteiger partial charge in [0.15, 0.2) is 0 Å². The lowest BCUT2D eigenvalue weighted by Gasteiger charge is -2.32. The maximum atomic E-state index is 11.4. The van der Waals surface area contributed by atoms with Gasteiger partial charge in [-0.15, -0.1) is 0 Å². The molecular weight excluding hydrogens is 243 g/mol. The van der Waals surface area contributed by atoms with E-state index in [1.165, 1.54) is 0 Å². The fourth-order valence-electron chi connectivity index (χ4n) is 2.53. The summed E-state index contributed by atoms with van der Waals surface area (Å²) in [4.78, 5) is 13.6. The average molecular weight is 270 g/mol. The van der Waals surface area contributed by atoms with Crippen LogP contribution in [0.25, 0.3) is 0 Å². The molecule has 0 spiro atoms. The number of nitrogens with zero attached hydrogens (tertiary/aromatic N) is 1. The maximum Gasteiger partial charge on any atom is 0.323 e. The molecule has 0 aliphatic carbocycles. The lowest BCUT2D eigenvalue weighted by molar-refractivity contribution is -0.144. The second-order valence-electron chi connectivity index (χ2n) is 5.74. The Balaban J connectivity index is 2.38. The smallest absolute Gasteiger partial charge is 0.323 e. The molecule has 0 aromatic carbocycles. The van der Waals surface area contributed by atoms with Crippen LogP contribution in [0.15, 0.2) is 0 Å². The molecule has 1 rings (SSSR count). The van der Waals surface area contributed by atoms with E-state index in [0.717, 1.165) is 45.1 Å². The lowest BCUT2D eigenvalue weighted by Crippen LogP contribution is -2.50. The molecule has 0 aromatic rings. The highest BCUT2D eigenvalue weighted by Crippen LogP contribution is 2.19. The molecule has 110 valence electrons. The summed E-state index contributed by atoms with van der Waals surface area (Å²) in [5.41, 5.74) is 4.96. The van der Waals surface area contributed by atoms with Gasteiger partial charge < -0.3 is 20.8 Å². The summed E-state index contributed by atoms with van der Waals surface area (Å²) in [5.74, 6) is -0.888. The molecule has 0 radical (unpaired) electrons. The number of piperidine rings is 1. The highest BCUT2D eigenvalue weighted by atomic mass is 16.4. The van der Waals surface area contributed by atoms with Crippen molar-refractivity contribution < 1.29 is 15.0 Å². The van der Waals surface area contributed by atoms with Gasteiger partial charge in [0.1, 0.15) is 13.4 Å². The number of aliphatic hydroxyl groups excluding tert-OH is 1. The average Bonchev–Trinajstić information content (AvgIpc) is 2.38. The summed E-state index contributed by atoms with van der Waals surface area (Å²) >= 11 is 0. The first kappa shape index (κ1) is 16.5. The number of hydrogen-bond donors (Lipinski definition) is 3. The topological polar surface area (TPSA) is 86.8 Å². The standard InChI is InChI=1S/C13H27BN2O3/c14-7-2-1-5-13(15,12(18)19)6-10-16-8-3-11(17)4-9-16/h11,17H,1-10,14-15H2,(H,18,19)/t13-/m1/s1. The number of likely N-dealkylation sites (tertiary alicyclic amines) is 1. The summed E-state index contributed by atoms with van der Waals surface area (Å²) in [6.07, 6.45) is 5.37. The van der Waals surface area contributed by atoms with Crippen LogP contribution in [0.4, 0.5) is 0 Å². The van der Waals surface area contributed by atoms with Crippen molar-refractivity contribution in [1.29, 1.82) is 0 Å². The van der Waals surface area contributed by atoms with Crippen LogP contribution in [0, 0.1) is 0 Å². The van der Waals surface area contributed by atoms with Crippen molar-refractivity contribution in [1.82, 2.24) is 4.90 Å². The Bertz CT molecular complexity index is 283. The van der Waals surface area contributed by atoms with Crippen molar-refractivity contribution in [3.8, 4) is 0 Å². The minimum absolute atomic E-state index is 0.192. The molecule has 0 bridgehead atoms. The molecule has 6 heteroatoms. The van der Waals surface area contributed by atoms with Gasteiger partial charge in [0.25, 0.3) is 0 Å². The fourth-order valence-corrected chi connectivity index (χ4v) is 2.53. The van der Waals surface area contributed by atoms with Crippen molar-refractivity contribution in [3.63, 3.8) is 0 Å². The van der Waals surface area contributed by atoms with E-state index in [1.54, 1.807) is 0 Å². The number of carboxylic acids is 1. The van der Waals surface area contributed by atoms with Crippen LogP contribution in [0.5, 0.6) is 0 Å². The number of carbonyl (C=O) groups is 1. The van der Waals surface area contributed by atoms with Gasteiger partial charge in [0.05, 0.1) is 6.10 Å². The van der Waals surface area contributed by atoms with Crippen LogP contribution in [0.2, 0.25) is 6.32 Å². The summed E-state index contributed by atoms with van der Waals surface area (Å²) in [6, 6.07) is 0. The number of carboxylic acid groups (broad SMARTS) is 1. The van der Waals surface area contributed by atoms with E-state index < -0.39 is 11.5 Å². The SMILES string of the molecule is BCCCC[C@@](N)(CCN1CCC(O)CC1)C(=O)O. The predicted molar refractivity (Wildman–Crippen MR) is 78.1 cm³/mol. The van der Waals surface area contributed by atoms with Crippen LogP contribution in [0.3, 0.4) is 0 Å². The van der Waals surface area contributed by atoms with Gasteiger partial charge in [-0.1, -0.05) is 19.2 Å². The van der Waals surface area contributed by atoms with E-state index in [0.29, 0.717) is 19.4 Å². The second-order valence-corrected chi connectivity index (χ2v) is 5.74. The number of rotatable bonds is 8. The minimum atomic E-state index is -1.09. The van der Waals surface area contributed by atoms with Crippen LogP contribution < -0.4 is 5.73 Å². The van der Waals surface area contributed by atoms with Gasteiger partial charge >= 0.3 is 5.97 Å². The Morgan fingerprint density at radius 1 is 1.32 bits per heavy atom. The first-order chi connectivity index (χ1) is 8.98. The summed E-state index contributed by atoms with van der Waals surface area (Å²) < 4.78 is 0. The summed E-state index contributed by atoms with van der Waals surface area (Å²) in [6.45, 7) is 2.39. The Morgan fingerprint density at radius 2 is 1.95 bits per heavy atom. The van der Waals surface area contributed by atoms with E-state index in [1.807, 2.05) is 0 Å². The van der Waals surface area contributed by atoms with E-state index in [2.05, 4.69) is 12.7 Å². The molecule has 19 heavy (non-hydrogen) atoms.